The zero-order valence-corrected chi connectivity index (χ0v) is 16.1. The number of aromatic nitrogens is 1. The first-order valence-corrected chi connectivity index (χ1v) is 9.60. The number of thiazole rings is 1. The maximum Gasteiger partial charge on any atom is 0.265 e. The third kappa shape index (κ3) is 5.24. The zero-order chi connectivity index (χ0) is 19.1. The van der Waals surface area contributed by atoms with Crippen LogP contribution in [0.4, 0.5) is 5.69 Å². The molecule has 3 aromatic rings. The van der Waals surface area contributed by atoms with Crippen molar-refractivity contribution in [1.29, 1.82) is 0 Å². The summed E-state index contributed by atoms with van der Waals surface area (Å²) in [6, 6.07) is 17.7. The molecule has 1 heterocycles. The lowest BCUT2D eigenvalue weighted by Crippen LogP contribution is -2.17. The lowest BCUT2D eigenvalue weighted by Gasteiger charge is -2.05. The molecule has 0 bridgehead atoms. The summed E-state index contributed by atoms with van der Waals surface area (Å²) < 4.78 is 0. The lowest BCUT2D eigenvalue weighted by molar-refractivity contribution is -0.120. The lowest BCUT2D eigenvalue weighted by atomic mass is 10.1. The van der Waals surface area contributed by atoms with Crippen LogP contribution < -0.4 is 5.32 Å². The number of nitrogens with zero attached hydrogens (tertiary/aromatic N) is 2. The van der Waals surface area contributed by atoms with Gasteiger partial charge in [-0.05, 0) is 31.0 Å². The predicted octanol–water partition coefficient (Wildman–Crippen LogP) is 4.75. The Kier molecular flexibility index (Phi) is 6.33. The number of oxime groups is 1. The average Bonchev–Trinajstić information content (AvgIpc) is 3.19. The van der Waals surface area contributed by atoms with E-state index in [1.165, 1.54) is 5.56 Å². The summed E-state index contributed by atoms with van der Waals surface area (Å²) in [7, 11) is 0. The Labute approximate surface area is 162 Å². The second-order valence-corrected chi connectivity index (χ2v) is 6.81. The third-order valence-electron chi connectivity index (χ3n) is 3.94. The Hall–Kier alpha value is -2.99. The normalized spacial score (nSPS) is 11.3. The van der Waals surface area contributed by atoms with Crippen LogP contribution in [0.1, 0.15) is 25.1 Å². The number of hydrogen-bond acceptors (Lipinski definition) is 5. The van der Waals surface area contributed by atoms with Gasteiger partial charge in [0.05, 0.1) is 5.69 Å². The number of benzene rings is 2. The van der Waals surface area contributed by atoms with Gasteiger partial charge in [-0.25, -0.2) is 4.98 Å². The average molecular weight is 379 g/mol. The fourth-order valence-electron chi connectivity index (χ4n) is 2.41. The first-order valence-electron chi connectivity index (χ1n) is 8.72. The van der Waals surface area contributed by atoms with Crippen molar-refractivity contribution in [2.24, 2.45) is 5.16 Å². The smallest absolute Gasteiger partial charge is 0.265 e. The Bertz CT molecular complexity index is 918. The maximum atomic E-state index is 12.0. The highest BCUT2D eigenvalue weighted by atomic mass is 32.1. The van der Waals surface area contributed by atoms with Crippen molar-refractivity contribution < 1.29 is 9.63 Å². The molecule has 1 amide bonds. The highest BCUT2D eigenvalue weighted by Gasteiger charge is 2.08. The summed E-state index contributed by atoms with van der Waals surface area (Å²) >= 11 is 1.55. The molecule has 0 aliphatic carbocycles. The van der Waals surface area contributed by atoms with Crippen LogP contribution in [-0.2, 0) is 16.1 Å². The van der Waals surface area contributed by atoms with Crippen molar-refractivity contribution in [3.8, 4) is 10.6 Å². The molecule has 5 nitrogen and oxygen atoms in total. The molecule has 0 aliphatic rings. The van der Waals surface area contributed by atoms with Gasteiger partial charge < -0.3 is 10.2 Å². The van der Waals surface area contributed by atoms with Crippen molar-refractivity contribution in [3.05, 3.63) is 71.2 Å². The number of hydrogen-bond donors (Lipinski definition) is 1. The SMILES string of the molecule is CCc1ccc(NC(=O)CO/N=C(\C)c2csc(-c3ccccc3)n2)cc1. The highest BCUT2D eigenvalue weighted by Crippen LogP contribution is 2.23. The van der Waals surface area contributed by atoms with E-state index in [0.717, 1.165) is 28.4 Å². The maximum absolute atomic E-state index is 12.0. The molecule has 3 rings (SSSR count). The van der Waals surface area contributed by atoms with Crippen molar-refractivity contribution in [1.82, 2.24) is 4.98 Å². The van der Waals surface area contributed by atoms with E-state index < -0.39 is 0 Å². The fraction of sp³-hybridized carbons (Fsp3) is 0.190. The van der Waals surface area contributed by atoms with Crippen LogP contribution in [0.3, 0.4) is 0 Å². The number of amides is 1. The van der Waals surface area contributed by atoms with Crippen molar-refractivity contribution in [2.75, 3.05) is 11.9 Å². The molecule has 1 N–H and O–H groups in total. The van der Waals surface area contributed by atoms with E-state index in [9.17, 15) is 4.79 Å². The molecule has 2 aromatic carbocycles. The minimum Gasteiger partial charge on any atom is -0.385 e. The van der Waals surface area contributed by atoms with Crippen LogP contribution in [0.25, 0.3) is 10.6 Å². The molecule has 0 aliphatic heterocycles. The molecule has 27 heavy (non-hydrogen) atoms. The van der Waals surface area contributed by atoms with E-state index in [2.05, 4.69) is 22.4 Å². The van der Waals surface area contributed by atoms with Gasteiger partial charge >= 0.3 is 0 Å². The Balaban J connectivity index is 1.53. The molecule has 138 valence electrons. The van der Waals surface area contributed by atoms with E-state index in [1.54, 1.807) is 11.3 Å². The van der Waals surface area contributed by atoms with Crippen LogP contribution in [0.2, 0.25) is 0 Å². The Morgan fingerprint density at radius 1 is 1.15 bits per heavy atom. The topological polar surface area (TPSA) is 63.6 Å². The summed E-state index contributed by atoms with van der Waals surface area (Å²) in [4.78, 5) is 21.7. The summed E-state index contributed by atoms with van der Waals surface area (Å²) in [5.41, 5.74) is 4.41. The van der Waals surface area contributed by atoms with Gasteiger partial charge in [-0.1, -0.05) is 54.5 Å². The van der Waals surface area contributed by atoms with E-state index in [-0.39, 0.29) is 12.5 Å². The largest absolute Gasteiger partial charge is 0.385 e. The van der Waals surface area contributed by atoms with E-state index in [1.807, 2.05) is 66.9 Å². The van der Waals surface area contributed by atoms with E-state index in [4.69, 9.17) is 4.84 Å². The van der Waals surface area contributed by atoms with Gasteiger partial charge in [0.25, 0.3) is 5.91 Å². The minimum atomic E-state index is -0.251. The van der Waals surface area contributed by atoms with Crippen molar-refractivity contribution >= 4 is 28.6 Å². The van der Waals surface area contributed by atoms with Gasteiger partial charge in [0.2, 0.25) is 0 Å². The van der Waals surface area contributed by atoms with Crippen LogP contribution in [0.15, 0.2) is 65.1 Å². The van der Waals surface area contributed by atoms with Crippen LogP contribution in [0, 0.1) is 0 Å². The number of anilines is 1. The number of carbonyl (C=O) groups excluding carboxylic acids is 1. The molecule has 0 unspecified atom stereocenters. The monoisotopic (exact) mass is 379 g/mol. The molecule has 6 heteroatoms. The molecule has 0 saturated heterocycles. The summed E-state index contributed by atoms with van der Waals surface area (Å²) in [5, 5.41) is 9.65. The minimum absolute atomic E-state index is 0.150. The van der Waals surface area contributed by atoms with E-state index in [0.29, 0.717) is 5.71 Å². The number of nitrogens with one attached hydrogen (secondary N) is 1. The van der Waals surface area contributed by atoms with E-state index >= 15 is 0 Å². The molecular weight excluding hydrogens is 358 g/mol. The quantitative estimate of drug-likeness (QED) is 0.476. The van der Waals surface area contributed by atoms with Gasteiger partial charge in [0, 0.05) is 16.6 Å². The Morgan fingerprint density at radius 3 is 2.59 bits per heavy atom. The zero-order valence-electron chi connectivity index (χ0n) is 15.3. The third-order valence-corrected chi connectivity index (χ3v) is 4.83. The van der Waals surface area contributed by atoms with Crippen LogP contribution >= 0.6 is 11.3 Å². The number of rotatable bonds is 7. The van der Waals surface area contributed by atoms with Crippen molar-refractivity contribution in [3.63, 3.8) is 0 Å². The predicted molar refractivity (Wildman–Crippen MR) is 110 cm³/mol. The fourth-order valence-corrected chi connectivity index (χ4v) is 3.28. The van der Waals surface area contributed by atoms with Gasteiger partial charge in [-0.15, -0.1) is 11.3 Å². The highest BCUT2D eigenvalue weighted by molar-refractivity contribution is 7.13. The van der Waals surface area contributed by atoms with Gasteiger partial charge in [-0.2, -0.15) is 0 Å². The standard InChI is InChI=1S/C21H21N3O2S/c1-3-16-9-11-18(12-10-16)22-20(25)13-26-24-15(2)19-14-27-21(23-19)17-7-5-4-6-8-17/h4-12,14H,3,13H2,1-2H3,(H,22,25)/b24-15+. The van der Waals surface area contributed by atoms with Crippen molar-refractivity contribution in [2.45, 2.75) is 20.3 Å². The van der Waals surface area contributed by atoms with Gasteiger partial charge in [-0.3, -0.25) is 4.79 Å². The van der Waals surface area contributed by atoms with Crippen LogP contribution in [-0.4, -0.2) is 23.2 Å². The Morgan fingerprint density at radius 2 is 1.89 bits per heavy atom. The number of carbonyl (C=O) groups is 1. The van der Waals surface area contributed by atoms with Gasteiger partial charge in [0.1, 0.15) is 10.7 Å². The summed E-state index contributed by atoms with van der Waals surface area (Å²) in [6.07, 6.45) is 0.966. The molecule has 0 saturated carbocycles. The molecule has 0 spiro atoms. The molecule has 0 radical (unpaired) electrons. The number of aryl methyl sites for hydroxylation is 1. The first-order chi connectivity index (χ1) is 13.2. The summed E-state index contributed by atoms with van der Waals surface area (Å²) in [6.45, 7) is 3.75. The summed E-state index contributed by atoms with van der Waals surface area (Å²) in [5.74, 6) is -0.251. The van der Waals surface area contributed by atoms with Gasteiger partial charge in [0.15, 0.2) is 6.61 Å². The molecule has 0 atom stereocenters. The second kappa shape index (κ2) is 9.09. The first kappa shape index (κ1) is 18.8. The second-order valence-electron chi connectivity index (χ2n) is 5.95. The molecular formula is C21H21N3O2S. The molecule has 0 fully saturated rings. The van der Waals surface area contributed by atoms with Crippen LogP contribution in [0.5, 0.6) is 0 Å². The molecule has 1 aromatic heterocycles.